The Morgan fingerprint density at radius 3 is 3.05 bits per heavy atom. The Morgan fingerprint density at radius 1 is 1.52 bits per heavy atom. The maximum atomic E-state index is 13.1. The molecule has 1 aromatic heterocycles. The normalized spacial score (nSPS) is 58.0. The molecule has 110 valence electrons. The molecule has 2 bridgehead atoms. The van der Waals surface area contributed by atoms with Crippen molar-refractivity contribution in [3.63, 3.8) is 0 Å². The first-order valence-corrected chi connectivity index (χ1v) is 6.24. The Hall–Kier alpha value is -1.81. The summed E-state index contributed by atoms with van der Waals surface area (Å²) in [5.74, 6) is -1.49. The highest BCUT2D eigenvalue weighted by atomic mass is 16.5. The van der Waals surface area contributed by atoms with Crippen LogP contribution in [0.2, 0.25) is 0 Å². The number of rotatable bonds is 2. The molecule has 0 amide bonds. The molecule has 1 aromatic carbocycles. The highest BCUT2D eigenvalue weighted by Gasteiger charge is 2.40. The first-order chi connectivity index (χ1) is 15.2. The molecule has 2 fully saturated rings. The van der Waals surface area contributed by atoms with Gasteiger partial charge >= 0.3 is 5.97 Å². The lowest BCUT2D eigenvalue weighted by molar-refractivity contribution is -0.000258. The molecule has 0 radical (unpaired) electrons. The molecule has 4 heteroatoms. The molecule has 4 nitrogen and oxygen atoms in total. The van der Waals surface area contributed by atoms with Crippen LogP contribution >= 0.6 is 0 Å². The van der Waals surface area contributed by atoms with Crippen LogP contribution in [0, 0.1) is 0 Å². The van der Waals surface area contributed by atoms with Crippen LogP contribution in [0.4, 0.5) is 0 Å². The average Bonchev–Trinajstić information content (AvgIpc) is 3.16. The molecule has 2 aliphatic heterocycles. The molecule has 3 heterocycles. The number of nitrogens with one attached hydrogen (secondary N) is 1. The van der Waals surface area contributed by atoms with Gasteiger partial charge < -0.3 is 14.6 Å². The average molecular weight is 297 g/mol. The summed E-state index contributed by atoms with van der Waals surface area (Å²) in [4.78, 5) is 16.0. The minimum atomic E-state index is -3.75. The number of aromatic nitrogens is 1. The highest BCUT2D eigenvalue weighted by molar-refractivity contribution is 6.04. The van der Waals surface area contributed by atoms with Gasteiger partial charge in [0.2, 0.25) is 0 Å². The van der Waals surface area contributed by atoms with Gasteiger partial charge in [0, 0.05) is 55.6 Å². The quantitative estimate of drug-likeness (QED) is 0.867. The number of aromatic amines is 1. The van der Waals surface area contributed by atoms with Gasteiger partial charge in [-0.1, -0.05) is 18.2 Å². The standard InChI is InChI=1S/C17H20N2O2/c1-19-11-6-7-12(19)9-13(8-11)21-17(20)15-10-18-16-5-3-2-4-14(15)16/h2-5,10-13,18H,6-9H2,1H3/t11-,12+,13?/i2D,5D,6D2,7D2,8D2,9D2,11D,12D,13D. The van der Waals surface area contributed by atoms with Crippen LogP contribution in [0.15, 0.2) is 30.4 Å². The predicted molar refractivity (Wildman–Crippen MR) is 81.3 cm³/mol. The van der Waals surface area contributed by atoms with Gasteiger partial charge in [-0.15, -0.1) is 0 Å². The maximum Gasteiger partial charge on any atom is 0.340 e. The Balaban J connectivity index is 1.93. The molecule has 1 unspecified atom stereocenters. The van der Waals surface area contributed by atoms with E-state index in [1.54, 1.807) is 0 Å². The molecule has 2 aromatic rings. The summed E-state index contributed by atoms with van der Waals surface area (Å²) in [6, 6.07) is -4.62. The number of nitrogens with zero attached hydrogens (tertiary/aromatic N) is 1. The van der Waals surface area contributed by atoms with E-state index in [0.717, 1.165) is 13.2 Å². The summed E-state index contributed by atoms with van der Waals surface area (Å²) >= 11 is 0. The van der Waals surface area contributed by atoms with Crippen molar-refractivity contribution < 1.29 is 27.4 Å². The number of benzene rings is 1. The van der Waals surface area contributed by atoms with Crippen molar-refractivity contribution in [3.8, 4) is 0 Å². The van der Waals surface area contributed by atoms with Crippen molar-refractivity contribution in [1.82, 2.24) is 9.88 Å². The molecule has 0 spiro atoms. The Labute approximate surface area is 142 Å². The van der Waals surface area contributed by atoms with Crippen LogP contribution in [0.25, 0.3) is 10.9 Å². The van der Waals surface area contributed by atoms with Crippen molar-refractivity contribution in [2.24, 2.45) is 0 Å². The molecule has 2 aliphatic rings. The van der Waals surface area contributed by atoms with E-state index in [9.17, 15) is 4.79 Å². The fourth-order valence-corrected chi connectivity index (χ4v) is 2.18. The minimum absolute atomic E-state index is 0.00467. The first-order valence-electron chi connectivity index (χ1n) is 12.7. The third-order valence-corrected chi connectivity index (χ3v) is 3.30. The third-order valence-electron chi connectivity index (χ3n) is 3.30. The second-order valence-electron chi connectivity index (χ2n) is 4.57. The third kappa shape index (κ3) is 2.14. The first kappa shape index (κ1) is 5.13. The van der Waals surface area contributed by atoms with E-state index in [-0.39, 0.29) is 33.5 Å². The summed E-state index contributed by atoms with van der Waals surface area (Å²) in [7, 11) is 0.824. The van der Waals surface area contributed by atoms with E-state index in [1.165, 1.54) is 12.1 Å². The number of esters is 1. The van der Waals surface area contributed by atoms with Crippen molar-refractivity contribution >= 4 is 16.9 Å². The number of piperidine rings is 1. The molecular formula is C17H20N2O2. The van der Waals surface area contributed by atoms with Gasteiger partial charge in [0.05, 0.1) is 9.68 Å². The lowest BCUT2D eigenvalue weighted by Crippen LogP contribution is -2.43. The summed E-state index contributed by atoms with van der Waals surface area (Å²) in [5, 5.41) is -0.00467. The number of hydrogen-bond acceptors (Lipinski definition) is 3. The van der Waals surface area contributed by atoms with E-state index in [2.05, 4.69) is 4.98 Å². The van der Waals surface area contributed by atoms with E-state index >= 15 is 0 Å². The number of fused-ring (bicyclic) bond motifs is 3. The van der Waals surface area contributed by atoms with Gasteiger partial charge in [-0.2, -0.15) is 0 Å². The molecule has 1 N–H and O–H groups in total. The number of H-pyrrole nitrogens is 1. The monoisotopic (exact) mass is 297 g/mol. The van der Waals surface area contributed by atoms with E-state index in [1.807, 2.05) is 0 Å². The minimum Gasteiger partial charge on any atom is -0.459 e. The van der Waals surface area contributed by atoms with Crippen LogP contribution in [0.1, 0.15) is 53.7 Å². The largest absolute Gasteiger partial charge is 0.459 e. The number of ether oxygens (including phenoxy) is 1. The molecule has 2 saturated heterocycles. The zero-order chi connectivity index (χ0) is 26.1. The van der Waals surface area contributed by atoms with Crippen LogP contribution < -0.4 is 0 Å². The fraction of sp³-hybridized carbons (Fsp3) is 0.471. The Kier molecular flexibility index (Phi) is 1.19. The predicted octanol–water partition coefficient (Wildman–Crippen LogP) is 2.95. The second kappa shape index (κ2) is 4.88. The molecule has 0 saturated carbocycles. The van der Waals surface area contributed by atoms with E-state index in [0.29, 0.717) is 0 Å². The van der Waals surface area contributed by atoms with Gasteiger partial charge in [0.1, 0.15) is 6.08 Å². The molecule has 3 atom stereocenters. The van der Waals surface area contributed by atoms with Crippen molar-refractivity contribution in [2.75, 3.05) is 7.05 Å². The van der Waals surface area contributed by atoms with Gasteiger partial charge in [0.25, 0.3) is 0 Å². The van der Waals surface area contributed by atoms with Gasteiger partial charge in [0.15, 0.2) is 0 Å². The highest BCUT2D eigenvalue weighted by Crippen LogP contribution is 2.35. The number of carbonyl (C=O) groups excluding carboxylic acids is 1. The lowest BCUT2D eigenvalue weighted by Gasteiger charge is -2.35. The Morgan fingerprint density at radius 2 is 2.29 bits per heavy atom. The zero-order valence-electron chi connectivity index (χ0n) is 24.0. The van der Waals surface area contributed by atoms with Crippen molar-refractivity contribution in [1.29, 1.82) is 0 Å². The maximum absolute atomic E-state index is 13.1. The summed E-state index contributed by atoms with van der Waals surface area (Å²) in [6.07, 6.45) is -17.1. The van der Waals surface area contributed by atoms with Crippen LogP contribution in [-0.4, -0.2) is 41.0 Å². The summed E-state index contributed by atoms with van der Waals surface area (Å²) in [5.41, 5.74) is -0.274. The topological polar surface area (TPSA) is 45.3 Å². The molecule has 21 heavy (non-hydrogen) atoms. The summed E-state index contributed by atoms with van der Waals surface area (Å²) < 4.78 is 113. The van der Waals surface area contributed by atoms with E-state index in [4.69, 9.17) is 22.6 Å². The molecule has 4 rings (SSSR count). The van der Waals surface area contributed by atoms with Crippen molar-refractivity contribution in [3.05, 3.63) is 36.0 Å². The van der Waals surface area contributed by atoms with Gasteiger partial charge in [-0.3, -0.25) is 0 Å². The lowest BCUT2D eigenvalue weighted by atomic mass is 10.0. The zero-order valence-corrected chi connectivity index (χ0v) is 11.0. The number of carbonyl (C=O) groups is 1. The summed E-state index contributed by atoms with van der Waals surface area (Å²) in [6.45, 7) is 0. The van der Waals surface area contributed by atoms with Crippen LogP contribution in [-0.2, 0) is 4.74 Å². The smallest absolute Gasteiger partial charge is 0.340 e. The number of para-hydroxylation sites is 1. The SMILES string of the molecule is [2H]c1cc([2H])c2[nH]cc(C(=O)OC3([2H])C([2H])([2H])[C@]4([2H])N(C)[C@]([2H])(C3([2H])[2H])C([2H])([2H])C4([2H])[2H])c2c1. The molecule has 0 aliphatic carbocycles. The Bertz CT molecular complexity index is 1190. The van der Waals surface area contributed by atoms with Gasteiger partial charge in [-0.05, 0) is 25.8 Å². The number of hydrogen-bond donors (Lipinski definition) is 1. The fourth-order valence-electron chi connectivity index (χ4n) is 2.18. The van der Waals surface area contributed by atoms with Crippen molar-refractivity contribution in [2.45, 2.75) is 43.6 Å². The van der Waals surface area contributed by atoms with E-state index < -0.39 is 49.6 Å². The van der Waals surface area contributed by atoms with Crippen LogP contribution in [0.3, 0.4) is 0 Å². The van der Waals surface area contributed by atoms with Crippen LogP contribution in [0.5, 0.6) is 0 Å². The van der Waals surface area contributed by atoms with Gasteiger partial charge in [-0.25, -0.2) is 4.79 Å². The second-order valence-corrected chi connectivity index (χ2v) is 4.57. The molecular weight excluding hydrogens is 264 g/mol.